The lowest BCUT2D eigenvalue weighted by Crippen LogP contribution is -2.33. The SMILES string of the molecule is Cc1cc(C)c(C(=O)N(C)CC2CCN(C)C2)cc1N. The molecule has 20 heavy (non-hydrogen) atoms. The highest BCUT2D eigenvalue weighted by molar-refractivity contribution is 5.96. The summed E-state index contributed by atoms with van der Waals surface area (Å²) in [7, 11) is 4.02. The Hall–Kier alpha value is -1.55. The summed E-state index contributed by atoms with van der Waals surface area (Å²) >= 11 is 0. The van der Waals surface area contributed by atoms with E-state index in [9.17, 15) is 4.79 Å². The molecule has 1 aromatic carbocycles. The standard InChI is InChI=1S/C16H25N3O/c1-11-7-12(2)15(17)8-14(11)16(20)19(4)10-13-5-6-18(3)9-13/h7-8,13H,5-6,9-10,17H2,1-4H3. The molecule has 0 radical (unpaired) electrons. The number of hydrogen-bond donors (Lipinski definition) is 1. The van der Waals surface area contributed by atoms with Gasteiger partial charge in [-0.15, -0.1) is 0 Å². The van der Waals surface area contributed by atoms with E-state index in [1.54, 1.807) is 0 Å². The third kappa shape index (κ3) is 3.12. The third-order valence-corrected chi connectivity index (χ3v) is 4.21. The molecule has 1 aliphatic rings. The Labute approximate surface area is 121 Å². The van der Waals surface area contributed by atoms with Crippen molar-refractivity contribution in [2.75, 3.05) is 39.5 Å². The Morgan fingerprint density at radius 3 is 2.70 bits per heavy atom. The number of nitrogens with zero attached hydrogens (tertiary/aromatic N) is 2. The number of amides is 1. The molecule has 0 spiro atoms. The molecular weight excluding hydrogens is 250 g/mol. The van der Waals surface area contributed by atoms with Crippen molar-refractivity contribution in [3.05, 3.63) is 28.8 Å². The average Bonchev–Trinajstić information content (AvgIpc) is 2.78. The zero-order valence-corrected chi connectivity index (χ0v) is 12.9. The fourth-order valence-corrected chi connectivity index (χ4v) is 2.95. The van der Waals surface area contributed by atoms with E-state index >= 15 is 0 Å². The van der Waals surface area contributed by atoms with Crippen molar-refractivity contribution in [1.29, 1.82) is 0 Å². The second-order valence-electron chi connectivity index (χ2n) is 6.13. The van der Waals surface area contributed by atoms with Crippen LogP contribution in [0.5, 0.6) is 0 Å². The van der Waals surface area contributed by atoms with Crippen molar-refractivity contribution in [2.45, 2.75) is 20.3 Å². The molecule has 0 aliphatic carbocycles. The highest BCUT2D eigenvalue weighted by atomic mass is 16.2. The Morgan fingerprint density at radius 2 is 2.10 bits per heavy atom. The average molecular weight is 275 g/mol. The van der Waals surface area contributed by atoms with Gasteiger partial charge >= 0.3 is 0 Å². The van der Waals surface area contributed by atoms with Crippen molar-refractivity contribution in [1.82, 2.24) is 9.80 Å². The lowest BCUT2D eigenvalue weighted by atomic mass is 10.0. The molecule has 1 atom stereocenters. The number of carbonyl (C=O) groups is 1. The molecule has 4 heteroatoms. The molecule has 1 fully saturated rings. The number of aryl methyl sites for hydroxylation is 2. The number of carbonyl (C=O) groups excluding carboxylic acids is 1. The number of hydrogen-bond acceptors (Lipinski definition) is 3. The number of likely N-dealkylation sites (tertiary alicyclic amines) is 1. The quantitative estimate of drug-likeness (QED) is 0.857. The van der Waals surface area contributed by atoms with Crippen LogP contribution in [0.3, 0.4) is 0 Å². The van der Waals surface area contributed by atoms with E-state index in [-0.39, 0.29) is 5.91 Å². The van der Waals surface area contributed by atoms with E-state index in [4.69, 9.17) is 5.73 Å². The van der Waals surface area contributed by atoms with Gasteiger partial charge in [0.2, 0.25) is 0 Å². The summed E-state index contributed by atoms with van der Waals surface area (Å²) in [6.45, 7) is 6.96. The fraction of sp³-hybridized carbons (Fsp3) is 0.562. The van der Waals surface area contributed by atoms with Gasteiger partial charge in [-0.1, -0.05) is 6.07 Å². The molecule has 2 N–H and O–H groups in total. The van der Waals surface area contributed by atoms with Crippen LogP contribution in [-0.4, -0.2) is 49.4 Å². The highest BCUT2D eigenvalue weighted by Crippen LogP contribution is 2.21. The summed E-state index contributed by atoms with van der Waals surface area (Å²) < 4.78 is 0. The Balaban J connectivity index is 2.08. The second kappa shape index (κ2) is 5.83. The first-order valence-corrected chi connectivity index (χ1v) is 7.19. The molecule has 1 saturated heterocycles. The number of anilines is 1. The molecule has 2 rings (SSSR count). The van der Waals surface area contributed by atoms with Crippen molar-refractivity contribution in [3.63, 3.8) is 0 Å². The fourth-order valence-electron chi connectivity index (χ4n) is 2.95. The Morgan fingerprint density at radius 1 is 1.40 bits per heavy atom. The van der Waals surface area contributed by atoms with E-state index in [2.05, 4.69) is 11.9 Å². The lowest BCUT2D eigenvalue weighted by Gasteiger charge is -2.22. The third-order valence-electron chi connectivity index (χ3n) is 4.21. The largest absolute Gasteiger partial charge is 0.398 e. The summed E-state index contributed by atoms with van der Waals surface area (Å²) in [4.78, 5) is 16.7. The molecule has 1 amide bonds. The van der Waals surface area contributed by atoms with Gasteiger partial charge in [0.25, 0.3) is 5.91 Å². The smallest absolute Gasteiger partial charge is 0.253 e. The van der Waals surface area contributed by atoms with Gasteiger partial charge in [-0.25, -0.2) is 0 Å². The monoisotopic (exact) mass is 275 g/mol. The minimum atomic E-state index is 0.0729. The lowest BCUT2D eigenvalue weighted by molar-refractivity contribution is 0.0773. The zero-order valence-electron chi connectivity index (χ0n) is 12.9. The van der Waals surface area contributed by atoms with Gasteiger partial charge in [-0.3, -0.25) is 4.79 Å². The predicted octanol–water partition coefficient (Wildman–Crippen LogP) is 1.91. The van der Waals surface area contributed by atoms with Gasteiger partial charge in [-0.2, -0.15) is 0 Å². The van der Waals surface area contributed by atoms with Crippen LogP contribution in [-0.2, 0) is 0 Å². The van der Waals surface area contributed by atoms with Gasteiger partial charge in [0.1, 0.15) is 0 Å². The maximum Gasteiger partial charge on any atom is 0.253 e. The van der Waals surface area contributed by atoms with Crippen LogP contribution in [0.4, 0.5) is 5.69 Å². The first-order chi connectivity index (χ1) is 9.38. The Bertz CT molecular complexity index is 513. The maximum atomic E-state index is 12.6. The van der Waals surface area contributed by atoms with Crippen LogP contribution in [0, 0.1) is 19.8 Å². The van der Waals surface area contributed by atoms with Crippen molar-refractivity contribution >= 4 is 11.6 Å². The zero-order chi connectivity index (χ0) is 14.9. The molecule has 1 heterocycles. The van der Waals surface area contributed by atoms with E-state index in [0.717, 1.165) is 36.3 Å². The molecule has 0 bridgehead atoms. The van der Waals surface area contributed by atoms with Gasteiger partial charge in [0.05, 0.1) is 0 Å². The van der Waals surface area contributed by atoms with Crippen LogP contribution >= 0.6 is 0 Å². The summed E-state index contributed by atoms with van der Waals surface area (Å²) in [6, 6.07) is 3.80. The molecule has 0 aromatic heterocycles. The number of nitrogens with two attached hydrogens (primary N) is 1. The minimum absolute atomic E-state index is 0.0729. The van der Waals surface area contributed by atoms with Crippen LogP contribution in [0.1, 0.15) is 27.9 Å². The van der Waals surface area contributed by atoms with Gasteiger partial charge < -0.3 is 15.5 Å². The molecule has 4 nitrogen and oxygen atoms in total. The molecule has 1 aromatic rings. The molecule has 1 unspecified atom stereocenters. The van der Waals surface area contributed by atoms with E-state index in [0.29, 0.717) is 11.6 Å². The first-order valence-electron chi connectivity index (χ1n) is 7.19. The molecular formula is C16H25N3O. The van der Waals surface area contributed by atoms with Gasteiger partial charge in [-0.05, 0) is 57.0 Å². The molecule has 1 aliphatic heterocycles. The van der Waals surface area contributed by atoms with Crippen molar-refractivity contribution in [2.24, 2.45) is 5.92 Å². The highest BCUT2D eigenvalue weighted by Gasteiger charge is 2.23. The second-order valence-corrected chi connectivity index (χ2v) is 6.13. The molecule has 110 valence electrons. The maximum absolute atomic E-state index is 12.6. The van der Waals surface area contributed by atoms with Crippen LogP contribution in [0.2, 0.25) is 0 Å². The normalized spacial score (nSPS) is 19.3. The topological polar surface area (TPSA) is 49.6 Å². The summed E-state index contributed by atoms with van der Waals surface area (Å²) in [5, 5.41) is 0. The predicted molar refractivity (Wildman–Crippen MR) is 82.9 cm³/mol. The van der Waals surface area contributed by atoms with Crippen LogP contribution in [0.25, 0.3) is 0 Å². The van der Waals surface area contributed by atoms with Crippen LogP contribution in [0.15, 0.2) is 12.1 Å². The molecule has 0 saturated carbocycles. The summed E-state index contributed by atoms with van der Waals surface area (Å²) in [5.41, 5.74) is 9.37. The van der Waals surface area contributed by atoms with Crippen molar-refractivity contribution < 1.29 is 4.79 Å². The van der Waals surface area contributed by atoms with E-state index in [1.165, 1.54) is 6.42 Å². The van der Waals surface area contributed by atoms with Crippen molar-refractivity contribution in [3.8, 4) is 0 Å². The minimum Gasteiger partial charge on any atom is -0.398 e. The van der Waals surface area contributed by atoms with Crippen LogP contribution < -0.4 is 5.73 Å². The number of rotatable bonds is 3. The van der Waals surface area contributed by atoms with E-state index < -0.39 is 0 Å². The van der Waals surface area contributed by atoms with Gasteiger partial charge in [0.15, 0.2) is 0 Å². The summed E-state index contributed by atoms with van der Waals surface area (Å²) in [6.07, 6.45) is 1.17. The number of benzene rings is 1. The van der Waals surface area contributed by atoms with Gasteiger partial charge in [0, 0.05) is 31.4 Å². The Kier molecular flexibility index (Phi) is 4.33. The van der Waals surface area contributed by atoms with E-state index in [1.807, 2.05) is 37.9 Å². The first kappa shape index (κ1) is 14.9. The number of nitrogen functional groups attached to an aromatic ring is 1. The summed E-state index contributed by atoms with van der Waals surface area (Å²) in [5.74, 6) is 0.654.